The van der Waals surface area contributed by atoms with Gasteiger partial charge in [-0.3, -0.25) is 0 Å². The van der Waals surface area contributed by atoms with Crippen LogP contribution in [-0.2, 0) is 0 Å². The maximum atomic E-state index is 9.55. The summed E-state index contributed by atoms with van der Waals surface area (Å²) in [5.74, 6) is 0. The van der Waals surface area contributed by atoms with E-state index in [0.717, 1.165) is 0 Å². The fraction of sp³-hybridized carbons (Fsp3) is 0.625. The maximum absolute atomic E-state index is 9.55. The summed E-state index contributed by atoms with van der Waals surface area (Å²) in [7, 11) is 0. The number of aromatic nitrogens is 2. The minimum atomic E-state index is -1.28. The van der Waals surface area contributed by atoms with Crippen LogP contribution in [0.2, 0.25) is 0 Å². The molecule has 4 N–H and O–H groups in total. The number of hydrogen-bond acceptors (Lipinski definition) is 5. The van der Waals surface area contributed by atoms with Gasteiger partial charge in [0.2, 0.25) is 0 Å². The van der Waals surface area contributed by atoms with Gasteiger partial charge in [-0.15, -0.1) is 0 Å². The third-order valence-electron chi connectivity index (χ3n) is 2.61. The molecule has 0 bridgehead atoms. The Morgan fingerprint density at radius 1 is 1.29 bits per heavy atom. The van der Waals surface area contributed by atoms with Gasteiger partial charge in [0, 0.05) is 0 Å². The third kappa shape index (κ3) is 1.16. The fourth-order valence-electron chi connectivity index (χ4n) is 1.77. The Morgan fingerprint density at radius 2 is 2.00 bits per heavy atom. The van der Waals surface area contributed by atoms with Gasteiger partial charge in [0.25, 0.3) is 0 Å². The summed E-state index contributed by atoms with van der Waals surface area (Å²) in [6.45, 7) is -0.311. The van der Waals surface area contributed by atoms with E-state index in [1.807, 2.05) is 0 Å². The Kier molecular flexibility index (Phi) is 2.28. The predicted octanol–water partition coefficient (Wildman–Crippen LogP) is -1.81. The lowest BCUT2D eigenvalue weighted by atomic mass is 9.95. The second-order valence-corrected chi connectivity index (χ2v) is 3.40. The molecule has 0 aliphatic carbocycles. The van der Waals surface area contributed by atoms with Crippen LogP contribution < -0.4 is 0 Å². The smallest absolute Gasteiger partial charge is 0.124 e. The summed E-state index contributed by atoms with van der Waals surface area (Å²) in [5, 5.41) is 37.6. The summed E-state index contributed by atoms with van der Waals surface area (Å²) in [6, 6.07) is -0.647. The molecule has 0 saturated heterocycles. The molecule has 2 rings (SSSR count). The molecule has 6 nitrogen and oxygen atoms in total. The average molecular weight is 200 g/mol. The zero-order valence-corrected chi connectivity index (χ0v) is 7.35. The van der Waals surface area contributed by atoms with Crippen LogP contribution in [0.5, 0.6) is 0 Å². The second kappa shape index (κ2) is 3.32. The SMILES string of the molecule is OC[C@@H]1[C@H](O)[C@@H](O)[C@@H](O)c2cncn21. The van der Waals surface area contributed by atoms with Gasteiger partial charge in [0.15, 0.2) is 0 Å². The van der Waals surface area contributed by atoms with E-state index in [2.05, 4.69) is 4.98 Å². The number of nitrogens with zero attached hydrogens (tertiary/aromatic N) is 2. The largest absolute Gasteiger partial charge is 0.394 e. The summed E-state index contributed by atoms with van der Waals surface area (Å²) in [5.41, 5.74) is 0.404. The minimum Gasteiger partial charge on any atom is -0.394 e. The van der Waals surface area contributed by atoms with Crippen molar-refractivity contribution in [1.29, 1.82) is 0 Å². The predicted molar refractivity (Wildman–Crippen MR) is 45.3 cm³/mol. The van der Waals surface area contributed by atoms with Crippen molar-refractivity contribution in [3.8, 4) is 0 Å². The summed E-state index contributed by atoms with van der Waals surface area (Å²) in [6.07, 6.45) is -0.805. The van der Waals surface area contributed by atoms with E-state index >= 15 is 0 Å². The standard InChI is InChI=1S/C8H12N2O4/c11-2-5-7(13)8(14)6(12)4-1-9-3-10(4)5/h1,3,5-8,11-14H,2H2/t5-,6+,7+,8+/m1/s1. The molecule has 2 heterocycles. The highest BCUT2D eigenvalue weighted by Crippen LogP contribution is 2.31. The van der Waals surface area contributed by atoms with Gasteiger partial charge in [-0.25, -0.2) is 4.98 Å². The van der Waals surface area contributed by atoms with Crippen LogP contribution in [0, 0.1) is 0 Å². The Morgan fingerprint density at radius 3 is 2.64 bits per heavy atom. The van der Waals surface area contributed by atoms with Crippen LogP contribution in [0.15, 0.2) is 12.5 Å². The molecule has 0 unspecified atom stereocenters. The van der Waals surface area contributed by atoms with Gasteiger partial charge >= 0.3 is 0 Å². The molecule has 14 heavy (non-hydrogen) atoms. The lowest BCUT2D eigenvalue weighted by molar-refractivity contribution is -0.107. The van der Waals surface area contributed by atoms with E-state index in [4.69, 9.17) is 5.11 Å². The molecule has 0 amide bonds. The topological polar surface area (TPSA) is 98.7 Å². The molecule has 1 aromatic rings. The molecule has 6 heteroatoms. The van der Waals surface area contributed by atoms with Crippen LogP contribution in [-0.4, -0.2) is 48.8 Å². The first-order valence-corrected chi connectivity index (χ1v) is 4.33. The summed E-state index contributed by atoms with van der Waals surface area (Å²) < 4.78 is 1.47. The molecule has 0 saturated carbocycles. The van der Waals surface area contributed by atoms with Gasteiger partial charge in [0.05, 0.1) is 30.9 Å². The second-order valence-electron chi connectivity index (χ2n) is 3.40. The number of rotatable bonds is 1. The van der Waals surface area contributed by atoms with Gasteiger partial charge in [-0.2, -0.15) is 0 Å². The normalized spacial score (nSPS) is 36.9. The number of imidazole rings is 1. The minimum absolute atomic E-state index is 0.311. The van der Waals surface area contributed by atoms with Crippen molar-refractivity contribution in [2.75, 3.05) is 6.61 Å². The third-order valence-corrected chi connectivity index (χ3v) is 2.61. The highest BCUT2D eigenvalue weighted by Gasteiger charge is 2.40. The first kappa shape index (κ1) is 9.60. The molecule has 0 spiro atoms. The quantitative estimate of drug-likeness (QED) is 0.428. The van der Waals surface area contributed by atoms with Crippen molar-refractivity contribution < 1.29 is 20.4 Å². The number of hydrogen-bond donors (Lipinski definition) is 4. The summed E-state index contributed by atoms with van der Waals surface area (Å²) in [4.78, 5) is 3.79. The number of aliphatic hydroxyl groups excluding tert-OH is 4. The summed E-state index contributed by atoms with van der Waals surface area (Å²) >= 11 is 0. The van der Waals surface area contributed by atoms with Crippen molar-refractivity contribution in [2.45, 2.75) is 24.4 Å². The number of fused-ring (bicyclic) bond motifs is 1. The molecule has 0 fully saturated rings. The van der Waals surface area contributed by atoms with E-state index in [1.165, 1.54) is 17.1 Å². The lowest BCUT2D eigenvalue weighted by Crippen LogP contribution is -2.45. The van der Waals surface area contributed by atoms with Gasteiger partial charge < -0.3 is 25.0 Å². The highest BCUT2D eigenvalue weighted by molar-refractivity contribution is 5.12. The molecular weight excluding hydrogens is 188 g/mol. The van der Waals surface area contributed by atoms with Crippen LogP contribution in [0.25, 0.3) is 0 Å². The zero-order valence-electron chi connectivity index (χ0n) is 7.35. The molecule has 78 valence electrons. The Labute approximate surface area is 80.1 Å². The van der Waals surface area contributed by atoms with Gasteiger partial charge in [-0.1, -0.05) is 0 Å². The Hall–Kier alpha value is -0.950. The molecule has 1 aliphatic heterocycles. The van der Waals surface area contributed by atoms with Crippen LogP contribution in [0.4, 0.5) is 0 Å². The van der Waals surface area contributed by atoms with E-state index in [1.54, 1.807) is 0 Å². The fourth-order valence-corrected chi connectivity index (χ4v) is 1.77. The van der Waals surface area contributed by atoms with Crippen molar-refractivity contribution in [3.63, 3.8) is 0 Å². The molecule has 4 atom stereocenters. The Balaban J connectivity index is 2.44. The average Bonchev–Trinajstić information content (AvgIpc) is 2.64. The van der Waals surface area contributed by atoms with E-state index in [9.17, 15) is 15.3 Å². The van der Waals surface area contributed by atoms with Gasteiger partial charge in [-0.05, 0) is 0 Å². The van der Waals surface area contributed by atoms with E-state index in [0.29, 0.717) is 5.69 Å². The first-order chi connectivity index (χ1) is 6.66. The molecule has 1 aromatic heterocycles. The molecule has 0 radical (unpaired) electrons. The lowest BCUT2D eigenvalue weighted by Gasteiger charge is -2.35. The number of aliphatic hydroxyl groups is 4. The van der Waals surface area contributed by atoms with E-state index < -0.39 is 24.4 Å². The zero-order chi connectivity index (χ0) is 10.3. The maximum Gasteiger partial charge on any atom is 0.124 e. The van der Waals surface area contributed by atoms with Crippen LogP contribution >= 0.6 is 0 Å². The monoisotopic (exact) mass is 200 g/mol. The highest BCUT2D eigenvalue weighted by atomic mass is 16.4. The van der Waals surface area contributed by atoms with Crippen molar-refractivity contribution in [2.24, 2.45) is 0 Å². The van der Waals surface area contributed by atoms with Crippen LogP contribution in [0.1, 0.15) is 17.8 Å². The van der Waals surface area contributed by atoms with E-state index in [-0.39, 0.29) is 6.61 Å². The van der Waals surface area contributed by atoms with Crippen molar-refractivity contribution in [3.05, 3.63) is 18.2 Å². The Bertz CT molecular complexity index is 327. The van der Waals surface area contributed by atoms with Gasteiger partial charge in [0.1, 0.15) is 18.3 Å². The molecular formula is C8H12N2O4. The van der Waals surface area contributed by atoms with Crippen molar-refractivity contribution >= 4 is 0 Å². The van der Waals surface area contributed by atoms with Crippen molar-refractivity contribution in [1.82, 2.24) is 9.55 Å². The molecule has 0 aromatic carbocycles. The van der Waals surface area contributed by atoms with Crippen LogP contribution in [0.3, 0.4) is 0 Å². The first-order valence-electron chi connectivity index (χ1n) is 4.33. The molecule has 1 aliphatic rings.